The van der Waals surface area contributed by atoms with Crippen LogP contribution in [0.1, 0.15) is 24.2 Å². The Balaban J connectivity index is 1.85. The number of benzene rings is 1. The third kappa shape index (κ3) is 5.22. The molecule has 1 aliphatic heterocycles. The van der Waals surface area contributed by atoms with E-state index in [2.05, 4.69) is 5.32 Å². The van der Waals surface area contributed by atoms with E-state index in [4.69, 9.17) is 5.73 Å². The second kappa shape index (κ2) is 8.90. The van der Waals surface area contributed by atoms with Gasteiger partial charge in [-0.05, 0) is 18.1 Å². The molecule has 0 unspecified atom stereocenters. The third-order valence-electron chi connectivity index (χ3n) is 4.52. The van der Waals surface area contributed by atoms with Gasteiger partial charge in [0.15, 0.2) is 0 Å². The molecule has 1 fully saturated rings. The molecule has 0 spiro atoms. The van der Waals surface area contributed by atoms with Gasteiger partial charge >= 0.3 is 0 Å². The highest BCUT2D eigenvalue weighted by Crippen LogP contribution is 2.14. The van der Waals surface area contributed by atoms with Crippen molar-refractivity contribution in [2.45, 2.75) is 19.9 Å². The summed E-state index contributed by atoms with van der Waals surface area (Å²) >= 11 is 0. The summed E-state index contributed by atoms with van der Waals surface area (Å²) in [5.41, 5.74) is 5.52. The molecule has 0 aliphatic carbocycles. The topological polar surface area (TPSA) is 95.7 Å². The molecule has 0 radical (unpaired) electrons. The summed E-state index contributed by atoms with van der Waals surface area (Å²) in [5.74, 6) is -2.92. The smallest absolute Gasteiger partial charge is 0.256 e. The molecule has 0 saturated carbocycles. The fraction of sp³-hybridized carbons (Fsp3) is 0.500. The van der Waals surface area contributed by atoms with Crippen molar-refractivity contribution < 1.29 is 23.2 Å². The van der Waals surface area contributed by atoms with Crippen LogP contribution in [0.5, 0.6) is 0 Å². The number of amides is 3. The Hall–Kier alpha value is -2.55. The monoisotopic (exact) mass is 382 g/mol. The first kappa shape index (κ1) is 20.8. The van der Waals surface area contributed by atoms with Crippen LogP contribution < -0.4 is 11.1 Å². The lowest BCUT2D eigenvalue weighted by Gasteiger charge is -2.35. The molecule has 1 saturated heterocycles. The number of nitrogens with one attached hydrogen (secondary N) is 1. The molecule has 3 N–H and O–H groups in total. The van der Waals surface area contributed by atoms with Gasteiger partial charge < -0.3 is 20.9 Å². The predicted octanol–water partition coefficient (Wildman–Crippen LogP) is 0.349. The van der Waals surface area contributed by atoms with E-state index in [1.54, 1.807) is 0 Å². The molecule has 1 aromatic rings. The number of carbonyl (C=O) groups excluding carboxylic acids is 3. The van der Waals surface area contributed by atoms with Crippen molar-refractivity contribution in [1.29, 1.82) is 0 Å². The third-order valence-corrected chi connectivity index (χ3v) is 4.52. The molecule has 27 heavy (non-hydrogen) atoms. The Morgan fingerprint density at radius 1 is 1.11 bits per heavy atom. The van der Waals surface area contributed by atoms with Gasteiger partial charge in [0.2, 0.25) is 11.8 Å². The summed E-state index contributed by atoms with van der Waals surface area (Å²) in [4.78, 5) is 39.3. The molecule has 148 valence electrons. The highest BCUT2D eigenvalue weighted by Gasteiger charge is 2.27. The predicted molar refractivity (Wildman–Crippen MR) is 94.7 cm³/mol. The zero-order valence-corrected chi connectivity index (χ0v) is 15.4. The first-order valence-electron chi connectivity index (χ1n) is 8.76. The molecule has 7 nitrogen and oxygen atoms in total. The fourth-order valence-electron chi connectivity index (χ4n) is 2.69. The summed E-state index contributed by atoms with van der Waals surface area (Å²) in [7, 11) is 0. The highest BCUT2D eigenvalue weighted by atomic mass is 19.1. The number of piperazine rings is 1. The number of nitrogens with two attached hydrogens (primary N) is 1. The number of rotatable bonds is 5. The van der Waals surface area contributed by atoms with E-state index in [-0.39, 0.29) is 56.0 Å². The molecule has 1 atom stereocenters. The maximum absolute atomic E-state index is 13.8. The summed E-state index contributed by atoms with van der Waals surface area (Å²) in [6.45, 7) is 4.43. The van der Waals surface area contributed by atoms with E-state index in [9.17, 15) is 23.2 Å². The molecular formula is C18H24F2N4O3. The molecule has 1 heterocycles. The summed E-state index contributed by atoms with van der Waals surface area (Å²) < 4.78 is 26.7. The maximum atomic E-state index is 13.8. The Morgan fingerprint density at radius 2 is 1.70 bits per heavy atom. The zero-order chi connectivity index (χ0) is 20.1. The van der Waals surface area contributed by atoms with Crippen molar-refractivity contribution in [3.05, 3.63) is 35.4 Å². The van der Waals surface area contributed by atoms with E-state index >= 15 is 0 Å². The van der Waals surface area contributed by atoms with E-state index in [1.807, 2.05) is 13.8 Å². The number of hydrogen-bond donors (Lipinski definition) is 2. The molecule has 9 heteroatoms. The Kier molecular flexibility index (Phi) is 6.84. The molecule has 0 bridgehead atoms. The molecular weight excluding hydrogens is 358 g/mol. The van der Waals surface area contributed by atoms with Crippen LogP contribution in [-0.2, 0) is 9.59 Å². The quantitative estimate of drug-likeness (QED) is 0.768. The molecule has 2 rings (SSSR count). The van der Waals surface area contributed by atoms with Gasteiger partial charge in [-0.2, -0.15) is 0 Å². The standard InChI is InChI=1S/C18H24F2N4O3/c1-11(2)16(21)17(26)22-10-15(25)23-5-7-24(8-6-23)18(27)13-4-3-12(19)9-14(13)20/h3-4,9,11,16H,5-8,10,21H2,1-2H3,(H,22,26)/t16-/m0/s1. The van der Waals surface area contributed by atoms with Crippen molar-refractivity contribution in [3.63, 3.8) is 0 Å². The Morgan fingerprint density at radius 3 is 2.26 bits per heavy atom. The summed E-state index contributed by atoms with van der Waals surface area (Å²) in [6.07, 6.45) is 0. The molecule has 1 aliphatic rings. The SMILES string of the molecule is CC(C)[C@H](N)C(=O)NCC(=O)N1CCN(C(=O)c2ccc(F)cc2F)CC1. The van der Waals surface area contributed by atoms with E-state index in [0.29, 0.717) is 6.07 Å². The van der Waals surface area contributed by atoms with Gasteiger partial charge in [0.25, 0.3) is 5.91 Å². The number of nitrogens with zero attached hydrogens (tertiary/aromatic N) is 2. The normalized spacial score (nSPS) is 15.6. The van der Waals surface area contributed by atoms with Gasteiger partial charge in [-0.15, -0.1) is 0 Å². The average Bonchev–Trinajstić information content (AvgIpc) is 2.64. The van der Waals surface area contributed by atoms with E-state index in [0.717, 1.165) is 12.1 Å². The number of hydrogen-bond acceptors (Lipinski definition) is 4. The minimum atomic E-state index is -0.914. The maximum Gasteiger partial charge on any atom is 0.256 e. The van der Waals surface area contributed by atoms with Crippen molar-refractivity contribution in [1.82, 2.24) is 15.1 Å². The largest absolute Gasteiger partial charge is 0.346 e. The van der Waals surface area contributed by atoms with Crippen LogP contribution in [0.25, 0.3) is 0 Å². The van der Waals surface area contributed by atoms with Gasteiger partial charge in [-0.3, -0.25) is 14.4 Å². The fourth-order valence-corrected chi connectivity index (χ4v) is 2.69. The second-order valence-corrected chi connectivity index (χ2v) is 6.78. The zero-order valence-electron chi connectivity index (χ0n) is 15.4. The van der Waals surface area contributed by atoms with Crippen LogP contribution in [0, 0.1) is 17.6 Å². The second-order valence-electron chi connectivity index (χ2n) is 6.78. The lowest BCUT2D eigenvalue weighted by molar-refractivity contribution is -0.134. The van der Waals surface area contributed by atoms with Crippen LogP contribution in [0.15, 0.2) is 18.2 Å². The Bertz CT molecular complexity index is 719. The summed E-state index contributed by atoms with van der Waals surface area (Å²) in [6, 6.07) is 2.12. The lowest BCUT2D eigenvalue weighted by atomic mass is 10.1. The van der Waals surface area contributed by atoms with Crippen LogP contribution in [0.4, 0.5) is 8.78 Å². The van der Waals surface area contributed by atoms with Crippen LogP contribution in [0.3, 0.4) is 0 Å². The van der Waals surface area contributed by atoms with Crippen LogP contribution in [-0.4, -0.2) is 66.3 Å². The first-order valence-corrected chi connectivity index (χ1v) is 8.76. The number of halogens is 2. The Labute approximate surface area is 156 Å². The van der Waals surface area contributed by atoms with Crippen molar-refractivity contribution in [3.8, 4) is 0 Å². The van der Waals surface area contributed by atoms with Gasteiger partial charge in [0.05, 0.1) is 18.2 Å². The molecule has 0 aromatic heterocycles. The van der Waals surface area contributed by atoms with Crippen molar-refractivity contribution in [2.24, 2.45) is 11.7 Å². The summed E-state index contributed by atoms with van der Waals surface area (Å²) in [5, 5.41) is 2.51. The lowest BCUT2D eigenvalue weighted by Crippen LogP contribution is -2.53. The van der Waals surface area contributed by atoms with E-state index < -0.39 is 23.6 Å². The first-order chi connectivity index (χ1) is 12.7. The van der Waals surface area contributed by atoms with Gasteiger partial charge in [0, 0.05) is 32.2 Å². The van der Waals surface area contributed by atoms with Gasteiger partial charge in [-0.1, -0.05) is 13.8 Å². The van der Waals surface area contributed by atoms with Crippen molar-refractivity contribution >= 4 is 17.7 Å². The van der Waals surface area contributed by atoms with Crippen molar-refractivity contribution in [2.75, 3.05) is 32.7 Å². The minimum Gasteiger partial charge on any atom is -0.346 e. The van der Waals surface area contributed by atoms with Gasteiger partial charge in [-0.25, -0.2) is 8.78 Å². The van der Waals surface area contributed by atoms with Crippen LogP contribution >= 0.6 is 0 Å². The van der Waals surface area contributed by atoms with E-state index in [1.165, 1.54) is 9.80 Å². The highest BCUT2D eigenvalue weighted by molar-refractivity contribution is 5.94. The average molecular weight is 382 g/mol. The molecule has 3 amide bonds. The van der Waals surface area contributed by atoms with Crippen LogP contribution in [0.2, 0.25) is 0 Å². The molecule has 1 aromatic carbocycles. The minimum absolute atomic E-state index is 0.0403. The van der Waals surface area contributed by atoms with Gasteiger partial charge in [0.1, 0.15) is 11.6 Å². The number of carbonyl (C=O) groups is 3.